The summed E-state index contributed by atoms with van der Waals surface area (Å²) in [5.74, 6) is -2.93. The minimum absolute atomic E-state index is 1.04. The molecule has 0 radical (unpaired) electrons. The first-order valence-electron chi connectivity index (χ1n) is 3.32. The number of rotatable bonds is 5. The van der Waals surface area contributed by atoms with E-state index in [2.05, 4.69) is 0 Å². The molecule has 13 heavy (non-hydrogen) atoms. The van der Waals surface area contributed by atoms with Crippen molar-refractivity contribution in [2.45, 2.75) is 18.3 Å². The molecule has 0 saturated carbocycles. The molecule has 5 N–H and O–H groups in total. The lowest BCUT2D eigenvalue weighted by atomic mass is 10.1. The van der Waals surface area contributed by atoms with Crippen molar-refractivity contribution in [3.8, 4) is 0 Å². The molecule has 0 aromatic rings. The van der Waals surface area contributed by atoms with Gasteiger partial charge < -0.3 is 25.5 Å². The molecule has 7 heteroatoms. The Labute approximate surface area is 72.9 Å². The van der Waals surface area contributed by atoms with E-state index in [0.29, 0.717) is 0 Å². The fraction of sp³-hybridized carbons (Fsp3) is 0.667. The molecule has 76 valence electrons. The van der Waals surface area contributed by atoms with Crippen LogP contribution in [0.5, 0.6) is 0 Å². The minimum Gasteiger partial charge on any atom is -0.479 e. The molecule has 0 aromatic carbocycles. The minimum atomic E-state index is -2.26. The molecule has 0 aliphatic carbocycles. The molecule has 0 spiro atoms. The van der Waals surface area contributed by atoms with Crippen LogP contribution in [0.1, 0.15) is 0 Å². The SMILES string of the molecule is O=C(O)[C@@H](O)[C@@H](O)[C@H](O)C(=O)CO. The second kappa shape index (κ2) is 4.87. The van der Waals surface area contributed by atoms with Crippen LogP contribution in [0, 0.1) is 0 Å². The van der Waals surface area contributed by atoms with Crippen molar-refractivity contribution in [3.63, 3.8) is 0 Å². The summed E-state index contributed by atoms with van der Waals surface area (Å²) in [6.45, 7) is -1.04. The van der Waals surface area contributed by atoms with Crippen molar-refractivity contribution in [3.05, 3.63) is 0 Å². The Bertz CT molecular complexity index is 201. The van der Waals surface area contributed by atoms with Gasteiger partial charge in [-0.25, -0.2) is 4.79 Å². The van der Waals surface area contributed by atoms with E-state index in [-0.39, 0.29) is 0 Å². The number of aliphatic hydroxyl groups is 4. The highest BCUT2D eigenvalue weighted by molar-refractivity contribution is 5.85. The first-order valence-corrected chi connectivity index (χ1v) is 3.32. The molecule has 0 rings (SSSR count). The highest BCUT2D eigenvalue weighted by Crippen LogP contribution is 2.01. The van der Waals surface area contributed by atoms with E-state index in [1.165, 1.54) is 0 Å². The Hall–Kier alpha value is -1.02. The van der Waals surface area contributed by atoms with Crippen LogP contribution in [0.2, 0.25) is 0 Å². The molecule has 0 bridgehead atoms. The summed E-state index contributed by atoms with van der Waals surface area (Å²) in [6, 6.07) is 0. The van der Waals surface area contributed by atoms with Crippen LogP contribution in [0.15, 0.2) is 0 Å². The van der Waals surface area contributed by atoms with Crippen molar-refractivity contribution >= 4 is 11.8 Å². The first-order chi connectivity index (χ1) is 5.91. The van der Waals surface area contributed by atoms with Gasteiger partial charge in [0.1, 0.15) is 18.8 Å². The van der Waals surface area contributed by atoms with Gasteiger partial charge in [0.05, 0.1) is 0 Å². The van der Waals surface area contributed by atoms with E-state index < -0.39 is 36.7 Å². The molecule has 7 nitrogen and oxygen atoms in total. The smallest absolute Gasteiger partial charge is 0.335 e. The summed E-state index contributed by atoms with van der Waals surface area (Å²) in [5, 5.41) is 42.7. The van der Waals surface area contributed by atoms with E-state index >= 15 is 0 Å². The molecule has 0 aliphatic rings. The van der Waals surface area contributed by atoms with Gasteiger partial charge in [-0.15, -0.1) is 0 Å². The highest BCUT2D eigenvalue weighted by Gasteiger charge is 2.33. The standard InChI is InChI=1S/C6H10O7/c7-1-2(8)3(9)4(10)5(11)6(12)13/h3-5,7,9-11H,1H2,(H,12,13)/t3-,4+,5+/m1/s1. The molecule has 0 amide bonds. The number of aliphatic carboxylic acids is 1. The Morgan fingerprint density at radius 3 is 1.85 bits per heavy atom. The number of carbonyl (C=O) groups excluding carboxylic acids is 1. The summed E-state index contributed by atoms with van der Waals surface area (Å²) in [4.78, 5) is 20.6. The molecule has 0 saturated heterocycles. The lowest BCUT2D eigenvalue weighted by molar-refractivity contribution is -0.161. The van der Waals surface area contributed by atoms with Crippen LogP contribution in [0.4, 0.5) is 0 Å². The fourth-order valence-electron chi connectivity index (χ4n) is 0.603. The molecule has 0 unspecified atom stereocenters. The van der Waals surface area contributed by atoms with Crippen LogP contribution in [0.25, 0.3) is 0 Å². The summed E-state index contributed by atoms with van der Waals surface area (Å²) < 4.78 is 0. The largest absolute Gasteiger partial charge is 0.479 e. The van der Waals surface area contributed by atoms with E-state index in [1.807, 2.05) is 0 Å². The van der Waals surface area contributed by atoms with Gasteiger partial charge in [-0.05, 0) is 0 Å². The van der Waals surface area contributed by atoms with Crippen LogP contribution in [-0.2, 0) is 9.59 Å². The third-order valence-corrected chi connectivity index (χ3v) is 1.39. The third-order valence-electron chi connectivity index (χ3n) is 1.39. The Kier molecular flexibility index (Phi) is 4.49. The number of Topliss-reactive ketones (excluding diaryl/α,β-unsaturated/α-hetero) is 1. The number of hydrogen-bond donors (Lipinski definition) is 5. The average molecular weight is 194 g/mol. The zero-order valence-corrected chi connectivity index (χ0v) is 6.49. The Balaban J connectivity index is 4.32. The zero-order chi connectivity index (χ0) is 10.6. The Morgan fingerprint density at radius 2 is 1.54 bits per heavy atom. The predicted molar refractivity (Wildman–Crippen MR) is 37.7 cm³/mol. The number of carboxylic acids is 1. The number of carboxylic acid groups (broad SMARTS) is 1. The van der Waals surface area contributed by atoms with Gasteiger partial charge in [-0.2, -0.15) is 0 Å². The molecule has 0 heterocycles. The second-order valence-electron chi connectivity index (χ2n) is 2.34. The van der Waals surface area contributed by atoms with Crippen molar-refractivity contribution in [1.82, 2.24) is 0 Å². The van der Waals surface area contributed by atoms with Gasteiger partial charge >= 0.3 is 5.97 Å². The lowest BCUT2D eigenvalue weighted by Gasteiger charge is -2.17. The van der Waals surface area contributed by atoms with Gasteiger partial charge in [0, 0.05) is 0 Å². The number of ketones is 1. The fourth-order valence-corrected chi connectivity index (χ4v) is 0.603. The van der Waals surface area contributed by atoms with Crippen molar-refractivity contribution in [2.75, 3.05) is 6.61 Å². The maximum absolute atomic E-state index is 10.5. The topological polar surface area (TPSA) is 135 Å². The quantitative estimate of drug-likeness (QED) is 0.309. The number of hydrogen-bond acceptors (Lipinski definition) is 6. The zero-order valence-electron chi connectivity index (χ0n) is 6.49. The number of carbonyl (C=O) groups is 2. The highest BCUT2D eigenvalue weighted by atomic mass is 16.4. The van der Waals surface area contributed by atoms with Gasteiger partial charge in [0.15, 0.2) is 11.9 Å². The van der Waals surface area contributed by atoms with Crippen LogP contribution >= 0.6 is 0 Å². The summed E-state index contributed by atoms with van der Waals surface area (Å²) >= 11 is 0. The summed E-state index contributed by atoms with van der Waals surface area (Å²) in [5.41, 5.74) is 0. The van der Waals surface area contributed by atoms with Gasteiger partial charge in [0.25, 0.3) is 0 Å². The predicted octanol–water partition coefficient (Wildman–Crippen LogP) is -3.28. The van der Waals surface area contributed by atoms with E-state index in [1.54, 1.807) is 0 Å². The molecule has 0 aliphatic heterocycles. The van der Waals surface area contributed by atoms with Crippen LogP contribution < -0.4 is 0 Å². The lowest BCUT2D eigenvalue weighted by Crippen LogP contribution is -2.46. The van der Waals surface area contributed by atoms with Gasteiger partial charge in [-0.3, -0.25) is 4.79 Å². The normalized spacial score (nSPS) is 17.5. The Morgan fingerprint density at radius 1 is 1.08 bits per heavy atom. The molecule has 0 aromatic heterocycles. The van der Waals surface area contributed by atoms with Crippen molar-refractivity contribution in [1.29, 1.82) is 0 Å². The first kappa shape index (κ1) is 12.0. The van der Waals surface area contributed by atoms with Crippen molar-refractivity contribution < 1.29 is 35.1 Å². The maximum atomic E-state index is 10.5. The molecular weight excluding hydrogens is 184 g/mol. The van der Waals surface area contributed by atoms with E-state index in [0.717, 1.165) is 0 Å². The van der Waals surface area contributed by atoms with E-state index in [9.17, 15) is 9.59 Å². The molecule has 0 fully saturated rings. The van der Waals surface area contributed by atoms with E-state index in [4.69, 9.17) is 25.5 Å². The summed E-state index contributed by atoms with van der Waals surface area (Å²) in [7, 11) is 0. The van der Waals surface area contributed by atoms with Crippen molar-refractivity contribution in [2.24, 2.45) is 0 Å². The van der Waals surface area contributed by atoms with Crippen LogP contribution in [-0.4, -0.2) is 62.2 Å². The maximum Gasteiger partial charge on any atom is 0.335 e. The third kappa shape index (κ3) is 3.07. The van der Waals surface area contributed by atoms with Crippen LogP contribution in [0.3, 0.4) is 0 Å². The molecule has 3 atom stereocenters. The number of aliphatic hydroxyl groups excluding tert-OH is 4. The average Bonchev–Trinajstić information content (AvgIpc) is 2.12. The monoisotopic (exact) mass is 194 g/mol. The summed E-state index contributed by atoms with van der Waals surface area (Å²) in [6.07, 6.45) is -6.50. The second-order valence-corrected chi connectivity index (χ2v) is 2.34. The van der Waals surface area contributed by atoms with Gasteiger partial charge in [0.2, 0.25) is 0 Å². The van der Waals surface area contributed by atoms with Gasteiger partial charge in [-0.1, -0.05) is 0 Å². The molecular formula is C6H10O7.